The summed E-state index contributed by atoms with van der Waals surface area (Å²) in [4.78, 5) is 11.2. The van der Waals surface area contributed by atoms with E-state index < -0.39 is 34.5 Å². The van der Waals surface area contributed by atoms with E-state index >= 15 is 0 Å². The summed E-state index contributed by atoms with van der Waals surface area (Å²) in [6, 6.07) is 7.74. The zero-order valence-electron chi connectivity index (χ0n) is 14.1. The van der Waals surface area contributed by atoms with Gasteiger partial charge in [0.25, 0.3) is 0 Å². The maximum absolute atomic E-state index is 12.9. The summed E-state index contributed by atoms with van der Waals surface area (Å²) in [5, 5.41) is 13.5. The predicted octanol–water partition coefficient (Wildman–Crippen LogP) is 3.95. The molecule has 0 aromatic heterocycles. The Morgan fingerprint density at radius 3 is 2.50 bits per heavy atom. The van der Waals surface area contributed by atoms with Gasteiger partial charge in [0.05, 0.1) is 11.6 Å². The van der Waals surface area contributed by atoms with Gasteiger partial charge in [0.15, 0.2) is 0 Å². The number of hydrogen-bond donors (Lipinski definition) is 2. The summed E-state index contributed by atoms with van der Waals surface area (Å²) in [5.74, 6) is -2.14. The highest BCUT2D eigenvalue weighted by atomic mass is 35.5. The molecular formula is C19H21ClF3NO2. The zero-order valence-corrected chi connectivity index (χ0v) is 14.9. The van der Waals surface area contributed by atoms with Crippen molar-refractivity contribution in [2.45, 2.75) is 54.8 Å². The van der Waals surface area contributed by atoms with E-state index in [1.807, 2.05) is 0 Å². The predicted molar refractivity (Wildman–Crippen MR) is 90.5 cm³/mol. The fourth-order valence-corrected chi connectivity index (χ4v) is 6.55. The Hall–Kier alpha value is -1.27. The third-order valence-corrected chi connectivity index (χ3v) is 6.82. The number of carbonyl (C=O) groups is 1. The molecule has 142 valence electrons. The molecule has 4 fully saturated rings. The molecule has 0 radical (unpaired) electrons. The van der Waals surface area contributed by atoms with E-state index in [2.05, 4.69) is 5.32 Å². The first kappa shape index (κ1) is 18.1. The lowest BCUT2D eigenvalue weighted by molar-refractivity contribution is -0.187. The van der Waals surface area contributed by atoms with Crippen LogP contribution in [-0.2, 0) is 4.79 Å². The highest BCUT2D eigenvalue weighted by Crippen LogP contribution is 2.64. The van der Waals surface area contributed by atoms with E-state index in [-0.39, 0.29) is 5.92 Å². The van der Waals surface area contributed by atoms with Gasteiger partial charge in [0, 0.05) is 10.8 Å². The first-order chi connectivity index (χ1) is 12.1. The summed E-state index contributed by atoms with van der Waals surface area (Å²) < 4.78 is 38.7. The molecule has 0 heterocycles. The lowest BCUT2D eigenvalue weighted by atomic mass is 9.47. The van der Waals surface area contributed by atoms with Crippen LogP contribution in [0.25, 0.3) is 0 Å². The molecule has 0 aliphatic heterocycles. The van der Waals surface area contributed by atoms with Crippen LogP contribution in [0.4, 0.5) is 13.2 Å². The average Bonchev–Trinajstić information content (AvgIpc) is 2.50. The van der Waals surface area contributed by atoms with Gasteiger partial charge in [-0.3, -0.25) is 4.79 Å². The Bertz CT molecular complexity index is 712. The van der Waals surface area contributed by atoms with Crippen LogP contribution in [0.5, 0.6) is 0 Å². The van der Waals surface area contributed by atoms with Gasteiger partial charge in [0.1, 0.15) is 0 Å². The molecule has 26 heavy (non-hydrogen) atoms. The van der Waals surface area contributed by atoms with Gasteiger partial charge < -0.3 is 10.4 Å². The van der Waals surface area contributed by atoms with Crippen LogP contribution in [-0.4, -0.2) is 27.7 Å². The number of carbonyl (C=O) groups excluding carboxylic acids is 1. The lowest BCUT2D eigenvalue weighted by Gasteiger charge is -2.63. The van der Waals surface area contributed by atoms with E-state index in [4.69, 9.17) is 11.6 Å². The Morgan fingerprint density at radius 2 is 1.92 bits per heavy atom. The van der Waals surface area contributed by atoms with Crippen LogP contribution >= 0.6 is 11.6 Å². The van der Waals surface area contributed by atoms with E-state index in [0.29, 0.717) is 30.7 Å². The van der Waals surface area contributed by atoms with Crippen LogP contribution in [0.3, 0.4) is 0 Å². The quantitative estimate of drug-likeness (QED) is 0.771. The second-order valence-electron chi connectivity index (χ2n) is 8.29. The van der Waals surface area contributed by atoms with Gasteiger partial charge in [0.2, 0.25) is 0 Å². The second-order valence-corrected chi connectivity index (χ2v) is 9.09. The van der Waals surface area contributed by atoms with Crippen molar-refractivity contribution in [3.63, 3.8) is 0 Å². The Morgan fingerprint density at radius 1 is 1.23 bits per heavy atom. The molecule has 0 saturated heterocycles. The molecule has 4 aliphatic carbocycles. The van der Waals surface area contributed by atoms with Crippen molar-refractivity contribution < 1.29 is 23.1 Å². The number of nitrogens with one attached hydrogen (secondary N) is 1. The van der Waals surface area contributed by atoms with Crippen LogP contribution in [0, 0.1) is 17.8 Å². The van der Waals surface area contributed by atoms with Crippen molar-refractivity contribution in [1.29, 1.82) is 0 Å². The number of aliphatic hydroxyl groups is 1. The van der Waals surface area contributed by atoms with E-state index in [9.17, 15) is 23.1 Å². The number of halogens is 4. The van der Waals surface area contributed by atoms with Crippen molar-refractivity contribution in [2.75, 3.05) is 0 Å². The number of benzene rings is 1. The molecule has 4 bridgehead atoms. The first-order valence-corrected chi connectivity index (χ1v) is 9.31. The maximum atomic E-state index is 12.9. The minimum Gasteiger partial charge on any atom is -0.389 e. The van der Waals surface area contributed by atoms with Gasteiger partial charge in [-0.25, -0.2) is 0 Å². The summed E-state index contributed by atoms with van der Waals surface area (Å²) in [6.07, 6.45) is -1.70. The van der Waals surface area contributed by atoms with E-state index in [1.165, 1.54) is 0 Å². The minimum absolute atomic E-state index is 0.00232. The SMILES string of the molecule is O=C(N[C@@H](c1ccccc1)[C@@H]1C2C[C@@H]3C[C@@](Cl)(C2)C[C@]1(O)C3)C(F)(F)F. The van der Waals surface area contributed by atoms with Gasteiger partial charge in [-0.05, 0) is 49.5 Å². The molecule has 4 saturated carbocycles. The van der Waals surface area contributed by atoms with Crippen molar-refractivity contribution in [1.82, 2.24) is 5.32 Å². The second kappa shape index (κ2) is 5.86. The smallest absolute Gasteiger partial charge is 0.389 e. The van der Waals surface area contributed by atoms with Gasteiger partial charge >= 0.3 is 12.1 Å². The third-order valence-electron chi connectivity index (χ3n) is 6.37. The van der Waals surface area contributed by atoms with Crippen molar-refractivity contribution >= 4 is 17.5 Å². The maximum Gasteiger partial charge on any atom is 0.471 e. The summed E-state index contributed by atoms with van der Waals surface area (Å²) in [5.41, 5.74) is -0.565. The van der Waals surface area contributed by atoms with E-state index in [1.54, 1.807) is 30.3 Å². The number of amides is 1. The summed E-state index contributed by atoms with van der Waals surface area (Å²) >= 11 is 6.69. The average molecular weight is 388 g/mol. The molecule has 6 atom stereocenters. The highest BCUT2D eigenvalue weighted by Gasteiger charge is 2.63. The fraction of sp³-hybridized carbons (Fsp3) is 0.632. The lowest BCUT2D eigenvalue weighted by Crippen LogP contribution is -2.65. The van der Waals surface area contributed by atoms with Gasteiger partial charge in [-0.2, -0.15) is 13.2 Å². The molecule has 0 spiro atoms. The molecule has 2 N–H and O–H groups in total. The molecule has 1 unspecified atom stereocenters. The minimum atomic E-state index is -4.96. The van der Waals surface area contributed by atoms with Crippen LogP contribution in [0.15, 0.2) is 30.3 Å². The molecule has 1 aromatic carbocycles. The highest BCUT2D eigenvalue weighted by molar-refractivity contribution is 6.24. The molecule has 1 amide bonds. The molecule has 5 rings (SSSR count). The third kappa shape index (κ3) is 3.01. The molecule has 4 aliphatic rings. The Labute approximate surface area is 154 Å². The van der Waals surface area contributed by atoms with Crippen LogP contribution in [0.1, 0.15) is 43.7 Å². The number of hydrogen-bond acceptors (Lipinski definition) is 2. The topological polar surface area (TPSA) is 49.3 Å². The monoisotopic (exact) mass is 387 g/mol. The number of alkyl halides is 4. The van der Waals surface area contributed by atoms with E-state index in [0.717, 1.165) is 12.8 Å². The Balaban J connectivity index is 1.71. The Kier molecular flexibility index (Phi) is 4.08. The van der Waals surface area contributed by atoms with Crippen molar-refractivity contribution in [3.8, 4) is 0 Å². The largest absolute Gasteiger partial charge is 0.471 e. The summed E-state index contributed by atoms with van der Waals surface area (Å²) in [6.45, 7) is 0. The van der Waals surface area contributed by atoms with Gasteiger partial charge in [-0.1, -0.05) is 30.3 Å². The fourth-order valence-electron chi connectivity index (χ4n) is 5.90. The molecule has 1 aromatic rings. The number of rotatable bonds is 3. The standard InChI is InChI=1S/C19H21ClF3NO2/c20-17-7-11-6-13(9-17)14(18(26,8-11)10-17)15(12-4-2-1-3-5-12)24-16(25)19(21,22)23/h1-5,11,13-15,26H,6-10H2,(H,24,25)/t11-,13?,14+,15+,17-,18-/m1/s1. The van der Waals surface area contributed by atoms with Crippen molar-refractivity contribution in [3.05, 3.63) is 35.9 Å². The molecule has 3 nitrogen and oxygen atoms in total. The molecular weight excluding hydrogens is 367 g/mol. The zero-order chi connectivity index (χ0) is 18.7. The van der Waals surface area contributed by atoms with Crippen molar-refractivity contribution in [2.24, 2.45) is 17.8 Å². The van der Waals surface area contributed by atoms with Crippen LogP contribution in [0.2, 0.25) is 0 Å². The first-order valence-electron chi connectivity index (χ1n) is 8.94. The summed E-state index contributed by atoms with van der Waals surface area (Å²) in [7, 11) is 0. The molecule has 7 heteroatoms. The normalized spacial score (nSPS) is 39.7. The van der Waals surface area contributed by atoms with Crippen LogP contribution < -0.4 is 5.32 Å². The van der Waals surface area contributed by atoms with Gasteiger partial charge in [-0.15, -0.1) is 11.6 Å².